The third kappa shape index (κ3) is 5.53. The van der Waals surface area contributed by atoms with Crippen LogP contribution in [0.1, 0.15) is 57.6 Å². The second kappa shape index (κ2) is 11.0. The van der Waals surface area contributed by atoms with Crippen molar-refractivity contribution in [3.8, 4) is 5.69 Å². The lowest BCUT2D eigenvalue weighted by molar-refractivity contribution is -0.138. The first-order chi connectivity index (χ1) is 20.2. The fraction of sp³-hybridized carbons (Fsp3) is 0.258. The van der Waals surface area contributed by atoms with E-state index < -0.39 is 59.2 Å². The van der Waals surface area contributed by atoms with Gasteiger partial charge in [-0.3, -0.25) is 14.5 Å². The van der Waals surface area contributed by atoms with Crippen LogP contribution in [0.3, 0.4) is 0 Å². The number of carbonyl (C=O) groups is 2. The number of benzene rings is 3. The van der Waals surface area contributed by atoms with Crippen molar-refractivity contribution in [3.05, 3.63) is 112 Å². The molecule has 2 atom stereocenters. The number of carbonyl (C=O) groups excluding carboxylic acids is 2. The molecule has 3 aromatic carbocycles. The molecular formula is C31H24F7N3O2. The molecule has 1 aromatic heterocycles. The maximum atomic E-state index is 14.1. The molecule has 0 spiro atoms. The van der Waals surface area contributed by atoms with Crippen molar-refractivity contribution < 1.29 is 40.3 Å². The number of para-hydroxylation sites is 1. The lowest BCUT2D eigenvalue weighted by Crippen LogP contribution is -2.45. The average Bonchev–Trinajstić information content (AvgIpc) is 3.29. The summed E-state index contributed by atoms with van der Waals surface area (Å²) in [6, 6.07) is 13.7. The van der Waals surface area contributed by atoms with E-state index in [0.29, 0.717) is 17.2 Å². The number of hydrogen-bond donors (Lipinski definition) is 0. The minimum Gasteiger partial charge on any atom is -0.296 e. The highest BCUT2D eigenvalue weighted by Gasteiger charge is 2.46. The van der Waals surface area contributed by atoms with Gasteiger partial charge in [0.25, 0.3) is 0 Å². The number of aromatic nitrogens is 2. The van der Waals surface area contributed by atoms with E-state index in [1.54, 1.807) is 13.8 Å². The molecule has 0 radical (unpaired) electrons. The molecule has 0 unspecified atom stereocenters. The Bertz CT molecular complexity index is 1690. The van der Waals surface area contributed by atoms with Gasteiger partial charge in [0.15, 0.2) is 5.78 Å². The minimum absolute atomic E-state index is 0.00443. The highest BCUT2D eigenvalue weighted by Crippen LogP contribution is 2.48. The Morgan fingerprint density at radius 3 is 2.21 bits per heavy atom. The smallest absolute Gasteiger partial charge is 0.296 e. The summed E-state index contributed by atoms with van der Waals surface area (Å²) in [6.07, 6.45) is -9.95. The molecule has 1 aliphatic heterocycles. The fourth-order valence-corrected chi connectivity index (χ4v) is 5.63. The molecule has 5 rings (SSSR count). The fourth-order valence-electron chi connectivity index (χ4n) is 5.63. The summed E-state index contributed by atoms with van der Waals surface area (Å²) in [7, 11) is 0. The van der Waals surface area contributed by atoms with Crippen molar-refractivity contribution in [2.24, 2.45) is 5.92 Å². The number of hydrogen-bond acceptors (Lipinski definition) is 3. The Hall–Kier alpha value is -4.48. The van der Waals surface area contributed by atoms with Gasteiger partial charge in [-0.1, -0.05) is 36.4 Å². The van der Waals surface area contributed by atoms with Crippen LogP contribution in [0, 0.1) is 18.7 Å². The number of ketones is 1. The van der Waals surface area contributed by atoms with Crippen molar-refractivity contribution in [1.82, 2.24) is 9.78 Å². The van der Waals surface area contributed by atoms with Crippen LogP contribution < -0.4 is 4.90 Å². The molecular weight excluding hydrogens is 579 g/mol. The summed E-state index contributed by atoms with van der Waals surface area (Å²) in [5.41, 5.74) is -1.57. The summed E-state index contributed by atoms with van der Waals surface area (Å²) in [5, 5.41) is 4.41. The number of alkyl halides is 6. The van der Waals surface area contributed by atoms with E-state index in [-0.39, 0.29) is 29.3 Å². The third-order valence-corrected chi connectivity index (χ3v) is 7.53. The van der Waals surface area contributed by atoms with Crippen molar-refractivity contribution in [2.45, 2.75) is 38.5 Å². The van der Waals surface area contributed by atoms with Gasteiger partial charge in [-0.05, 0) is 55.8 Å². The topological polar surface area (TPSA) is 55.2 Å². The zero-order valence-electron chi connectivity index (χ0n) is 22.8. The van der Waals surface area contributed by atoms with Crippen LogP contribution in [0.15, 0.2) is 72.8 Å². The first-order valence-corrected chi connectivity index (χ1v) is 13.3. The van der Waals surface area contributed by atoms with E-state index in [1.807, 2.05) is 0 Å². The number of halogens is 7. The van der Waals surface area contributed by atoms with Gasteiger partial charge in [0, 0.05) is 30.0 Å². The lowest BCUT2D eigenvalue weighted by Gasteiger charge is -2.38. The summed E-state index contributed by atoms with van der Waals surface area (Å²) in [6.45, 7) is 3.15. The van der Waals surface area contributed by atoms with Gasteiger partial charge in [0.2, 0.25) is 5.91 Å². The molecule has 43 heavy (non-hydrogen) atoms. The molecule has 1 aliphatic rings. The molecule has 2 heterocycles. The summed E-state index contributed by atoms with van der Waals surface area (Å²) in [5.74, 6) is -4.01. The van der Waals surface area contributed by atoms with E-state index in [4.69, 9.17) is 0 Å². The number of fused-ring (bicyclic) bond motifs is 1. The highest BCUT2D eigenvalue weighted by molar-refractivity contribution is 6.04. The second-order valence-corrected chi connectivity index (χ2v) is 10.2. The van der Waals surface area contributed by atoms with Gasteiger partial charge in [-0.2, -0.15) is 31.4 Å². The molecule has 0 saturated carbocycles. The average molecular weight is 604 g/mol. The van der Waals surface area contributed by atoms with Crippen LogP contribution in [0.25, 0.3) is 5.69 Å². The number of Topliss-reactive ketones (excluding diaryl/α,β-unsaturated/α-hetero) is 1. The summed E-state index contributed by atoms with van der Waals surface area (Å²) < 4.78 is 97.0. The highest BCUT2D eigenvalue weighted by atomic mass is 19.4. The Labute approximate surface area is 241 Å². The third-order valence-electron chi connectivity index (χ3n) is 7.53. The van der Waals surface area contributed by atoms with E-state index in [9.17, 15) is 40.3 Å². The first kappa shape index (κ1) is 30.0. The lowest BCUT2D eigenvalue weighted by atomic mass is 9.74. The summed E-state index contributed by atoms with van der Waals surface area (Å²) in [4.78, 5) is 28.7. The molecule has 4 aromatic rings. The Morgan fingerprint density at radius 2 is 1.58 bits per heavy atom. The van der Waals surface area contributed by atoms with Crippen molar-refractivity contribution in [2.75, 3.05) is 11.4 Å². The number of nitrogens with zero attached hydrogens (tertiary/aromatic N) is 3. The Balaban J connectivity index is 1.69. The first-order valence-electron chi connectivity index (χ1n) is 13.3. The predicted octanol–water partition coefficient (Wildman–Crippen LogP) is 7.75. The molecule has 1 amide bonds. The Morgan fingerprint density at radius 1 is 0.907 bits per heavy atom. The van der Waals surface area contributed by atoms with E-state index >= 15 is 0 Å². The largest absolute Gasteiger partial charge is 0.418 e. The van der Waals surface area contributed by atoms with Crippen LogP contribution >= 0.6 is 0 Å². The monoisotopic (exact) mass is 603 g/mol. The van der Waals surface area contributed by atoms with Gasteiger partial charge in [0.05, 0.1) is 28.4 Å². The van der Waals surface area contributed by atoms with Gasteiger partial charge in [-0.25, -0.2) is 9.07 Å². The molecule has 12 heteroatoms. The van der Waals surface area contributed by atoms with E-state index in [2.05, 4.69) is 5.10 Å². The van der Waals surface area contributed by atoms with Crippen molar-refractivity contribution in [1.29, 1.82) is 0 Å². The van der Waals surface area contributed by atoms with Crippen LogP contribution in [0.4, 0.5) is 36.6 Å². The molecule has 224 valence electrons. The summed E-state index contributed by atoms with van der Waals surface area (Å²) >= 11 is 0. The molecule has 0 saturated heterocycles. The van der Waals surface area contributed by atoms with Gasteiger partial charge < -0.3 is 0 Å². The standard InChI is InChI=1S/C31H24F7N3O2/c1-3-40-28-26(17(2)39-41(28)24-10-5-4-9-23(24)31(36,37)38)27(18-11-13-21(32)14-12-18)22(29(40)43)16-25(42)19-7-6-8-20(15-19)30(33,34)35/h4-15,22,27H,3,16H2,1-2H3/t22-,27+/m0/s1. The number of rotatable bonds is 6. The maximum absolute atomic E-state index is 14.1. The van der Waals surface area contributed by atoms with Crippen molar-refractivity contribution in [3.63, 3.8) is 0 Å². The van der Waals surface area contributed by atoms with Crippen LogP contribution in [-0.4, -0.2) is 28.0 Å². The van der Waals surface area contributed by atoms with Crippen LogP contribution in [0.2, 0.25) is 0 Å². The van der Waals surface area contributed by atoms with Gasteiger partial charge >= 0.3 is 12.4 Å². The normalized spacial score (nSPS) is 17.2. The van der Waals surface area contributed by atoms with E-state index in [1.165, 1.54) is 41.3 Å². The van der Waals surface area contributed by atoms with Crippen LogP contribution in [-0.2, 0) is 17.1 Å². The van der Waals surface area contributed by atoms with E-state index in [0.717, 1.165) is 35.0 Å². The van der Waals surface area contributed by atoms with Gasteiger partial charge in [-0.15, -0.1) is 0 Å². The number of anilines is 1. The van der Waals surface area contributed by atoms with Crippen LogP contribution in [0.5, 0.6) is 0 Å². The number of aryl methyl sites for hydroxylation is 1. The Kier molecular flexibility index (Phi) is 7.66. The zero-order valence-corrected chi connectivity index (χ0v) is 22.8. The minimum atomic E-state index is -4.74. The molecule has 0 N–H and O–H groups in total. The molecule has 0 aliphatic carbocycles. The van der Waals surface area contributed by atoms with Gasteiger partial charge in [0.1, 0.15) is 11.6 Å². The second-order valence-electron chi connectivity index (χ2n) is 10.2. The predicted molar refractivity (Wildman–Crippen MR) is 143 cm³/mol. The quantitative estimate of drug-likeness (QED) is 0.167. The van der Waals surface area contributed by atoms with Crippen molar-refractivity contribution >= 4 is 17.5 Å². The molecule has 0 bridgehead atoms. The maximum Gasteiger partial charge on any atom is 0.418 e. The molecule has 5 nitrogen and oxygen atoms in total. The number of amides is 1. The SMILES string of the molecule is CCN1C(=O)[C@@H](CC(=O)c2cccc(C(F)(F)F)c2)[C@@H](c2ccc(F)cc2)c2c(C)nn(-c3ccccc3C(F)(F)F)c21. The molecule has 0 fully saturated rings. The zero-order chi connectivity index (χ0) is 31.3.